The van der Waals surface area contributed by atoms with Gasteiger partial charge in [-0.2, -0.15) is 0 Å². The third kappa shape index (κ3) is 4.59. The molecule has 4 aromatic rings. The molecule has 0 fully saturated rings. The van der Waals surface area contributed by atoms with Gasteiger partial charge < -0.3 is 24.8 Å². The van der Waals surface area contributed by atoms with Crippen molar-refractivity contribution in [3.8, 4) is 11.1 Å². The fourth-order valence-corrected chi connectivity index (χ4v) is 20.4. The summed E-state index contributed by atoms with van der Waals surface area (Å²) in [5, 5.41) is 1.58. The molecule has 0 nitrogen and oxygen atoms in total. The van der Waals surface area contributed by atoms with Crippen LogP contribution in [0.15, 0.2) is 119 Å². The summed E-state index contributed by atoms with van der Waals surface area (Å²) in [4.78, 5) is 0. The molecule has 0 spiro atoms. The van der Waals surface area contributed by atoms with Gasteiger partial charge in [0.25, 0.3) is 0 Å². The summed E-state index contributed by atoms with van der Waals surface area (Å²) in [6, 6.07) is 35.3. The van der Waals surface area contributed by atoms with Gasteiger partial charge >= 0.3 is 211 Å². The van der Waals surface area contributed by atoms with E-state index in [1.165, 1.54) is 28.8 Å². The fraction of sp³-hybridized carbons (Fsp3) is 0.0968. The molecular formula is C31H26Cl4Zr. The van der Waals surface area contributed by atoms with Crippen LogP contribution < -0.4 is 31.4 Å². The molecule has 0 unspecified atom stereocenters. The van der Waals surface area contributed by atoms with E-state index in [9.17, 15) is 0 Å². The minimum atomic E-state index is -3.65. The molecule has 0 aliphatic heterocycles. The van der Waals surface area contributed by atoms with Gasteiger partial charge in [-0.05, 0) is 0 Å². The van der Waals surface area contributed by atoms with E-state index < -0.39 is 20.3 Å². The van der Waals surface area contributed by atoms with Crippen molar-refractivity contribution in [2.24, 2.45) is 0 Å². The van der Waals surface area contributed by atoms with Crippen LogP contribution in [0.1, 0.15) is 28.6 Å². The van der Waals surface area contributed by atoms with Crippen LogP contribution in [-0.4, -0.2) is 0 Å². The van der Waals surface area contributed by atoms with Crippen molar-refractivity contribution in [2.75, 3.05) is 0 Å². The van der Waals surface area contributed by atoms with E-state index in [-0.39, 0.29) is 35.9 Å². The Bertz CT molecular complexity index is 1320. The molecule has 0 atom stereocenters. The first-order chi connectivity index (χ1) is 16.2. The summed E-state index contributed by atoms with van der Waals surface area (Å²) in [5.41, 5.74) is 5.26. The first-order valence-corrected chi connectivity index (χ1v) is 17.1. The van der Waals surface area contributed by atoms with Gasteiger partial charge in [-0.1, -0.05) is 7.43 Å². The predicted octanol–water partition coefficient (Wildman–Crippen LogP) is 2.36. The molecule has 5 heteroatoms. The zero-order chi connectivity index (χ0) is 22.4. The van der Waals surface area contributed by atoms with E-state index >= 15 is 0 Å². The van der Waals surface area contributed by atoms with Crippen LogP contribution in [0.5, 0.6) is 0 Å². The Kier molecular flexibility index (Phi) is 9.53. The molecule has 2 aliphatic carbocycles. The summed E-state index contributed by atoms with van der Waals surface area (Å²) in [5.74, 6) is 0. The van der Waals surface area contributed by atoms with E-state index in [0.29, 0.717) is 0 Å². The van der Waals surface area contributed by atoms with Crippen molar-refractivity contribution in [2.45, 2.75) is 17.5 Å². The molecule has 0 saturated heterocycles. The number of rotatable bonds is 4. The minimum absolute atomic E-state index is 0. The summed E-state index contributed by atoms with van der Waals surface area (Å²) in [7, 11) is 0. The normalized spacial score (nSPS) is 13.1. The Morgan fingerprint density at radius 2 is 1.11 bits per heavy atom. The van der Waals surface area contributed by atoms with Crippen LogP contribution in [0.2, 0.25) is 10.0 Å². The van der Waals surface area contributed by atoms with Crippen molar-refractivity contribution >= 4 is 29.7 Å². The molecule has 0 radical (unpaired) electrons. The topological polar surface area (TPSA) is 0 Å². The zero-order valence-electron chi connectivity index (χ0n) is 18.8. The number of hydrogen-bond acceptors (Lipinski definition) is 0. The second kappa shape index (κ2) is 11.8. The van der Waals surface area contributed by atoms with Gasteiger partial charge in [0.15, 0.2) is 0 Å². The molecule has 0 heterocycles. The quantitative estimate of drug-likeness (QED) is 0.325. The second-order valence-electron chi connectivity index (χ2n) is 8.76. The van der Waals surface area contributed by atoms with Crippen LogP contribution >= 0.6 is 23.2 Å². The van der Waals surface area contributed by atoms with Crippen molar-refractivity contribution in [3.05, 3.63) is 140 Å². The number of allylic oxidation sites excluding steroid dienone is 4. The van der Waals surface area contributed by atoms with Gasteiger partial charge in [0.05, 0.1) is 0 Å². The molecule has 182 valence electrons. The van der Waals surface area contributed by atoms with Crippen molar-refractivity contribution in [3.63, 3.8) is 0 Å². The standard InChI is InChI=1S/C13H7Cl2.2C6H5.C5H5.CH4.2ClH.Zr/c14-10-1-3-12-8(6-10)5-9-7-11(15)2-4-13(9)12;2*1-2-4-6-5-3-1;1-2-4-5-3-1;;;;/h1-7H;2*1-5H;1-3H,4H2;1H4;2*1H;/q;;;;;;;+2/p-2. The summed E-state index contributed by atoms with van der Waals surface area (Å²) >= 11 is 9.62. The molecule has 0 aromatic heterocycles. The summed E-state index contributed by atoms with van der Waals surface area (Å²) < 4.78 is 4.80. The second-order valence-corrected chi connectivity index (χ2v) is 19.4. The number of hydrogen-bond donors (Lipinski definition) is 0. The van der Waals surface area contributed by atoms with Gasteiger partial charge in [-0.15, -0.1) is 0 Å². The third-order valence-electron chi connectivity index (χ3n) is 7.11. The molecule has 0 N–H and O–H groups in total. The Balaban J connectivity index is 0.00000120. The smallest absolute Gasteiger partial charge is 1.00 e. The van der Waals surface area contributed by atoms with Gasteiger partial charge in [-0.25, -0.2) is 0 Å². The van der Waals surface area contributed by atoms with Gasteiger partial charge in [0, 0.05) is 0 Å². The van der Waals surface area contributed by atoms with Crippen LogP contribution in [0.3, 0.4) is 0 Å². The Morgan fingerprint density at radius 1 is 0.639 bits per heavy atom. The average molecular weight is 632 g/mol. The Hall–Kier alpha value is -1.60. The van der Waals surface area contributed by atoms with Gasteiger partial charge in [0.1, 0.15) is 0 Å². The van der Waals surface area contributed by atoms with E-state index in [1.807, 2.05) is 12.1 Å². The fourth-order valence-electron chi connectivity index (χ4n) is 5.87. The van der Waals surface area contributed by atoms with E-state index in [2.05, 4.69) is 103 Å². The maximum absolute atomic E-state index is 6.63. The molecule has 0 bridgehead atoms. The predicted molar refractivity (Wildman–Crippen MR) is 144 cm³/mol. The third-order valence-corrected chi connectivity index (χ3v) is 20.8. The van der Waals surface area contributed by atoms with Gasteiger partial charge in [-0.3, -0.25) is 0 Å². The van der Waals surface area contributed by atoms with Crippen molar-refractivity contribution in [1.29, 1.82) is 0 Å². The molecule has 0 saturated carbocycles. The molecule has 6 rings (SSSR count). The zero-order valence-corrected chi connectivity index (χ0v) is 24.2. The first-order valence-electron chi connectivity index (χ1n) is 11.3. The maximum Gasteiger partial charge on any atom is -1.00 e. The Labute approximate surface area is 241 Å². The van der Waals surface area contributed by atoms with Crippen LogP contribution in [0.25, 0.3) is 11.1 Å². The maximum atomic E-state index is 6.63. The minimum Gasteiger partial charge on any atom is -1.00 e. The molecule has 0 amide bonds. The molecular weight excluding hydrogens is 605 g/mol. The van der Waals surface area contributed by atoms with Crippen molar-refractivity contribution < 1.29 is 45.1 Å². The number of benzene rings is 4. The molecule has 4 aromatic carbocycles. The van der Waals surface area contributed by atoms with Crippen LogP contribution in [-0.2, 0) is 20.3 Å². The Morgan fingerprint density at radius 3 is 1.53 bits per heavy atom. The average Bonchev–Trinajstić information content (AvgIpc) is 3.49. The largest absolute Gasteiger partial charge is 1.00 e. The molecule has 36 heavy (non-hydrogen) atoms. The van der Waals surface area contributed by atoms with E-state index in [0.717, 1.165) is 16.5 Å². The van der Waals surface area contributed by atoms with Gasteiger partial charge in [0.2, 0.25) is 0 Å². The van der Waals surface area contributed by atoms with E-state index in [4.69, 9.17) is 23.2 Å². The number of halogens is 4. The monoisotopic (exact) mass is 628 g/mol. The summed E-state index contributed by atoms with van der Waals surface area (Å²) in [6.07, 6.45) is 7.93. The van der Waals surface area contributed by atoms with Crippen molar-refractivity contribution in [1.82, 2.24) is 0 Å². The van der Waals surface area contributed by atoms with Crippen LogP contribution in [0, 0.1) is 0 Å². The van der Waals surface area contributed by atoms with E-state index in [1.54, 1.807) is 3.28 Å². The first kappa shape index (κ1) is 29.0. The number of fused-ring (bicyclic) bond motifs is 3. The molecule has 2 aliphatic rings. The van der Waals surface area contributed by atoms with Crippen LogP contribution in [0.4, 0.5) is 0 Å². The SMILES string of the molecule is C.Clc1ccc2c(c1)[CH]([Zr+2]([C]1=CC=CC1)([c]1ccccc1)[c]1ccccc1)c1cc(Cl)ccc1-2.[Cl-].[Cl-]. The summed E-state index contributed by atoms with van der Waals surface area (Å²) in [6.45, 7) is 0.